The fourth-order valence-electron chi connectivity index (χ4n) is 2.11. The van der Waals surface area contributed by atoms with Crippen molar-refractivity contribution < 1.29 is 21.6 Å². The normalized spacial score (nSPS) is 19.2. The minimum absolute atomic E-state index is 0.0164. The van der Waals surface area contributed by atoms with Gasteiger partial charge in [-0.3, -0.25) is 4.98 Å². The van der Waals surface area contributed by atoms with Crippen molar-refractivity contribution >= 4 is 26.0 Å². The van der Waals surface area contributed by atoms with Crippen molar-refractivity contribution in [1.82, 2.24) is 9.29 Å². The molecule has 1 aromatic heterocycles. The lowest BCUT2D eigenvalue weighted by atomic mass is 9.98. The maximum absolute atomic E-state index is 12.6. The Morgan fingerprint density at radius 3 is 2.35 bits per heavy atom. The zero-order chi connectivity index (χ0) is 15.0. The Bertz CT molecular complexity index is 584. The van der Waals surface area contributed by atoms with Gasteiger partial charge in [-0.15, -0.1) is 0 Å². The standard InChI is InChI=1S/C11H12BrF3N2O2S/c12-9-5-10(7-16-6-9)20(18,19)17-3-1-8(2-4-17)11(13,14)15/h5-8H,1-4H2. The molecule has 112 valence electrons. The van der Waals surface area contributed by atoms with E-state index in [1.165, 1.54) is 18.5 Å². The van der Waals surface area contributed by atoms with E-state index in [4.69, 9.17) is 0 Å². The highest BCUT2D eigenvalue weighted by Gasteiger charge is 2.43. The molecule has 1 aliphatic heterocycles. The van der Waals surface area contributed by atoms with Gasteiger partial charge in [-0.2, -0.15) is 17.5 Å². The van der Waals surface area contributed by atoms with Gasteiger partial charge in [0, 0.05) is 30.0 Å². The average molecular weight is 373 g/mol. The van der Waals surface area contributed by atoms with Gasteiger partial charge in [-0.25, -0.2) is 8.42 Å². The molecule has 0 amide bonds. The van der Waals surface area contributed by atoms with Gasteiger partial charge in [0.2, 0.25) is 10.0 Å². The summed E-state index contributed by atoms with van der Waals surface area (Å²) in [5.41, 5.74) is 0. The highest BCUT2D eigenvalue weighted by molar-refractivity contribution is 9.10. The molecular weight excluding hydrogens is 361 g/mol. The van der Waals surface area contributed by atoms with Crippen LogP contribution in [0.25, 0.3) is 0 Å². The molecule has 2 heterocycles. The SMILES string of the molecule is O=S(=O)(c1cncc(Br)c1)N1CCC(C(F)(F)F)CC1. The molecular formula is C11H12BrF3N2O2S. The maximum atomic E-state index is 12.6. The number of pyridine rings is 1. The van der Waals surface area contributed by atoms with Gasteiger partial charge in [0.25, 0.3) is 0 Å². The first kappa shape index (κ1) is 15.7. The maximum Gasteiger partial charge on any atom is 0.391 e. The predicted octanol–water partition coefficient (Wildman–Crippen LogP) is 2.81. The monoisotopic (exact) mass is 372 g/mol. The summed E-state index contributed by atoms with van der Waals surface area (Å²) in [6.45, 7) is -0.252. The highest BCUT2D eigenvalue weighted by Crippen LogP contribution is 2.35. The van der Waals surface area contributed by atoms with Crippen molar-refractivity contribution in [2.75, 3.05) is 13.1 Å². The van der Waals surface area contributed by atoms with E-state index >= 15 is 0 Å². The summed E-state index contributed by atoms with van der Waals surface area (Å²) >= 11 is 3.12. The fourth-order valence-corrected chi connectivity index (χ4v) is 4.08. The molecule has 2 rings (SSSR count). The largest absolute Gasteiger partial charge is 0.391 e. The number of alkyl halides is 3. The molecule has 0 N–H and O–H groups in total. The third-order valence-electron chi connectivity index (χ3n) is 3.23. The number of nitrogens with zero attached hydrogens (tertiary/aromatic N) is 2. The average Bonchev–Trinajstić information content (AvgIpc) is 2.38. The van der Waals surface area contributed by atoms with Gasteiger partial charge in [0.1, 0.15) is 4.90 Å². The van der Waals surface area contributed by atoms with Crippen LogP contribution >= 0.6 is 15.9 Å². The molecule has 0 unspecified atom stereocenters. The first-order valence-corrected chi connectivity index (χ1v) is 8.12. The van der Waals surface area contributed by atoms with Gasteiger partial charge in [0.05, 0.1) is 5.92 Å². The molecule has 0 aliphatic carbocycles. The number of sulfonamides is 1. The van der Waals surface area contributed by atoms with E-state index < -0.39 is 22.1 Å². The van der Waals surface area contributed by atoms with Crippen molar-refractivity contribution in [3.8, 4) is 0 Å². The van der Waals surface area contributed by atoms with Crippen LogP contribution in [0.4, 0.5) is 13.2 Å². The molecule has 4 nitrogen and oxygen atoms in total. The summed E-state index contributed by atoms with van der Waals surface area (Å²) in [7, 11) is -3.78. The van der Waals surface area contributed by atoms with Crippen molar-refractivity contribution in [1.29, 1.82) is 0 Å². The van der Waals surface area contributed by atoms with E-state index in [2.05, 4.69) is 20.9 Å². The summed E-state index contributed by atoms with van der Waals surface area (Å²) in [5.74, 6) is -1.42. The Morgan fingerprint density at radius 2 is 1.85 bits per heavy atom. The Hall–Kier alpha value is -0.670. The lowest BCUT2D eigenvalue weighted by molar-refractivity contribution is -0.182. The molecule has 9 heteroatoms. The highest BCUT2D eigenvalue weighted by atomic mass is 79.9. The number of aromatic nitrogens is 1. The Kier molecular flexibility index (Phi) is 4.41. The first-order valence-electron chi connectivity index (χ1n) is 5.88. The smallest absolute Gasteiger partial charge is 0.262 e. The quantitative estimate of drug-likeness (QED) is 0.801. The van der Waals surface area contributed by atoms with E-state index in [0.717, 1.165) is 4.31 Å². The van der Waals surface area contributed by atoms with Crippen LogP contribution in [0.1, 0.15) is 12.8 Å². The number of rotatable bonds is 2. The van der Waals surface area contributed by atoms with Crippen molar-refractivity contribution in [2.24, 2.45) is 5.92 Å². The molecule has 0 saturated carbocycles. The molecule has 1 aliphatic rings. The zero-order valence-corrected chi connectivity index (χ0v) is 12.7. The van der Waals surface area contributed by atoms with E-state index in [9.17, 15) is 21.6 Å². The van der Waals surface area contributed by atoms with Crippen LogP contribution in [-0.2, 0) is 10.0 Å². The first-order chi connectivity index (χ1) is 9.21. The van der Waals surface area contributed by atoms with Crippen LogP contribution < -0.4 is 0 Å². The molecule has 20 heavy (non-hydrogen) atoms. The third kappa shape index (κ3) is 3.32. The summed E-state index contributed by atoms with van der Waals surface area (Å²) in [4.78, 5) is 3.75. The van der Waals surface area contributed by atoms with E-state index in [-0.39, 0.29) is 30.8 Å². The van der Waals surface area contributed by atoms with Crippen LogP contribution in [-0.4, -0.2) is 37.0 Å². The summed E-state index contributed by atoms with van der Waals surface area (Å²) < 4.78 is 63.8. The summed E-state index contributed by atoms with van der Waals surface area (Å²) in [5, 5.41) is 0. The number of hydrogen-bond acceptors (Lipinski definition) is 3. The Morgan fingerprint density at radius 1 is 1.25 bits per heavy atom. The van der Waals surface area contributed by atoms with Gasteiger partial charge >= 0.3 is 6.18 Å². The van der Waals surface area contributed by atoms with Crippen LogP contribution in [0.2, 0.25) is 0 Å². The molecule has 1 aromatic rings. The van der Waals surface area contributed by atoms with E-state index in [1.54, 1.807) is 0 Å². The van der Waals surface area contributed by atoms with Gasteiger partial charge < -0.3 is 0 Å². The number of halogens is 4. The predicted molar refractivity (Wildman–Crippen MR) is 69.5 cm³/mol. The fraction of sp³-hybridized carbons (Fsp3) is 0.545. The topological polar surface area (TPSA) is 50.3 Å². The molecule has 0 aromatic carbocycles. The lowest BCUT2D eigenvalue weighted by Crippen LogP contribution is -2.42. The van der Waals surface area contributed by atoms with E-state index in [1.807, 2.05) is 0 Å². The summed E-state index contributed by atoms with van der Waals surface area (Å²) in [6.07, 6.45) is -2.04. The number of hydrogen-bond donors (Lipinski definition) is 0. The molecule has 1 fully saturated rings. The van der Waals surface area contributed by atoms with Crippen molar-refractivity contribution in [3.05, 3.63) is 22.9 Å². The molecule has 0 spiro atoms. The van der Waals surface area contributed by atoms with Crippen molar-refractivity contribution in [2.45, 2.75) is 23.9 Å². The zero-order valence-electron chi connectivity index (χ0n) is 10.3. The van der Waals surface area contributed by atoms with Gasteiger partial charge in [-0.05, 0) is 34.8 Å². The Labute approximate surface area is 123 Å². The van der Waals surface area contributed by atoms with Crippen LogP contribution in [0.5, 0.6) is 0 Å². The van der Waals surface area contributed by atoms with Crippen LogP contribution in [0.3, 0.4) is 0 Å². The number of piperidine rings is 1. The second-order valence-corrected chi connectivity index (χ2v) is 7.41. The summed E-state index contributed by atoms with van der Waals surface area (Å²) in [6, 6.07) is 1.39. The van der Waals surface area contributed by atoms with Gasteiger partial charge in [0.15, 0.2) is 0 Å². The molecule has 0 atom stereocenters. The van der Waals surface area contributed by atoms with Crippen molar-refractivity contribution in [3.63, 3.8) is 0 Å². The second kappa shape index (κ2) is 5.61. The molecule has 1 saturated heterocycles. The van der Waals surface area contributed by atoms with Crippen LogP contribution in [0.15, 0.2) is 27.8 Å². The minimum atomic E-state index is -4.26. The lowest BCUT2D eigenvalue weighted by Gasteiger charge is -2.32. The van der Waals surface area contributed by atoms with Gasteiger partial charge in [-0.1, -0.05) is 0 Å². The minimum Gasteiger partial charge on any atom is -0.262 e. The second-order valence-electron chi connectivity index (χ2n) is 4.56. The Balaban J connectivity index is 2.14. The van der Waals surface area contributed by atoms with E-state index in [0.29, 0.717) is 4.47 Å². The molecule has 0 radical (unpaired) electrons. The third-order valence-corrected chi connectivity index (χ3v) is 5.53. The molecule has 0 bridgehead atoms. The van der Waals surface area contributed by atoms with Crippen LogP contribution in [0, 0.1) is 5.92 Å².